The Morgan fingerprint density at radius 3 is 2.80 bits per heavy atom. The molecule has 2 N–H and O–H groups in total. The van der Waals surface area contributed by atoms with Crippen LogP contribution in [0.4, 0.5) is 4.39 Å². The number of nitrogens with two attached hydrogens (primary N) is 1. The average Bonchev–Trinajstić information content (AvgIpc) is 2.16. The Kier molecular flexibility index (Phi) is 5.64. The van der Waals surface area contributed by atoms with E-state index < -0.39 is 0 Å². The summed E-state index contributed by atoms with van der Waals surface area (Å²) in [5.41, 5.74) is 6.53. The maximum Gasteiger partial charge on any atom is 0.124 e. The molecule has 1 nitrogen and oxygen atoms in total. The molecule has 0 radical (unpaired) electrons. The lowest BCUT2D eigenvalue weighted by molar-refractivity contribution is 0.625. The fourth-order valence-electron chi connectivity index (χ4n) is 1.14. The van der Waals surface area contributed by atoms with E-state index in [0.29, 0.717) is 12.5 Å². The van der Waals surface area contributed by atoms with E-state index in [9.17, 15) is 4.39 Å². The topological polar surface area (TPSA) is 26.0 Å². The highest BCUT2D eigenvalue weighted by atomic mass is 79.9. The maximum absolute atomic E-state index is 13.0. The fraction of sp³-hybridized carbons (Fsp3) is 0.455. The second-order valence-electron chi connectivity index (χ2n) is 3.63. The molecular weight excluding hydrogens is 277 g/mol. The van der Waals surface area contributed by atoms with Crippen molar-refractivity contribution in [2.75, 3.05) is 12.3 Å². The first-order valence-corrected chi connectivity index (χ1v) is 6.79. The first-order valence-electron chi connectivity index (χ1n) is 4.84. The summed E-state index contributed by atoms with van der Waals surface area (Å²) in [5, 5.41) is 0. The van der Waals surface area contributed by atoms with Crippen molar-refractivity contribution in [2.45, 2.75) is 12.7 Å². The normalized spacial score (nSPS) is 12.8. The first kappa shape index (κ1) is 13.0. The molecule has 1 rings (SSSR count). The van der Waals surface area contributed by atoms with Crippen LogP contribution in [-0.2, 0) is 5.75 Å². The fourth-order valence-corrected chi connectivity index (χ4v) is 2.71. The van der Waals surface area contributed by atoms with E-state index in [-0.39, 0.29) is 5.82 Å². The molecule has 0 saturated heterocycles. The average molecular weight is 292 g/mol. The van der Waals surface area contributed by atoms with Crippen LogP contribution in [-0.4, -0.2) is 12.3 Å². The minimum absolute atomic E-state index is 0.188. The molecule has 1 atom stereocenters. The number of thioether (sulfide) groups is 1. The predicted octanol–water partition coefficient (Wildman–Crippen LogP) is 3.42. The number of hydrogen-bond donors (Lipinski definition) is 1. The van der Waals surface area contributed by atoms with Gasteiger partial charge >= 0.3 is 0 Å². The molecule has 1 unspecified atom stereocenters. The zero-order valence-electron chi connectivity index (χ0n) is 8.67. The third-order valence-corrected chi connectivity index (χ3v) is 3.80. The Balaban J connectivity index is 2.43. The molecule has 1 aromatic rings. The van der Waals surface area contributed by atoms with Crippen LogP contribution in [0.1, 0.15) is 12.5 Å². The summed E-state index contributed by atoms with van der Waals surface area (Å²) in [6.45, 7) is 2.83. The van der Waals surface area contributed by atoms with Crippen LogP contribution >= 0.6 is 27.7 Å². The quantitative estimate of drug-likeness (QED) is 0.900. The van der Waals surface area contributed by atoms with Crippen molar-refractivity contribution in [3.8, 4) is 0 Å². The lowest BCUT2D eigenvalue weighted by Gasteiger charge is -2.07. The molecule has 1 aromatic carbocycles. The summed E-state index contributed by atoms with van der Waals surface area (Å²) in [5.74, 6) is 2.18. The molecule has 0 aromatic heterocycles. The number of rotatable bonds is 5. The standard InChI is InChI=1S/C11H15BrFNS/c1-8(5-14)6-15-7-9-2-10(12)4-11(13)3-9/h2-4,8H,5-7,14H2,1H3. The summed E-state index contributed by atoms with van der Waals surface area (Å²) in [4.78, 5) is 0. The summed E-state index contributed by atoms with van der Waals surface area (Å²) in [6, 6.07) is 4.99. The Hall–Kier alpha value is -0.0600. The Morgan fingerprint density at radius 1 is 1.47 bits per heavy atom. The van der Waals surface area contributed by atoms with Gasteiger partial charge < -0.3 is 5.73 Å². The van der Waals surface area contributed by atoms with Crippen molar-refractivity contribution in [3.05, 3.63) is 34.1 Å². The summed E-state index contributed by atoms with van der Waals surface area (Å²) < 4.78 is 13.8. The van der Waals surface area contributed by atoms with Crippen molar-refractivity contribution in [1.82, 2.24) is 0 Å². The molecule has 4 heteroatoms. The van der Waals surface area contributed by atoms with Gasteiger partial charge in [0, 0.05) is 10.2 Å². The van der Waals surface area contributed by atoms with Gasteiger partial charge in [-0.2, -0.15) is 11.8 Å². The van der Waals surface area contributed by atoms with Gasteiger partial charge in [0.2, 0.25) is 0 Å². The minimum atomic E-state index is -0.188. The van der Waals surface area contributed by atoms with E-state index in [1.807, 2.05) is 6.07 Å². The molecule has 0 aliphatic carbocycles. The van der Waals surface area contributed by atoms with Gasteiger partial charge in [-0.1, -0.05) is 22.9 Å². The second kappa shape index (κ2) is 6.51. The van der Waals surface area contributed by atoms with Gasteiger partial charge in [-0.05, 0) is 42.0 Å². The molecule has 0 aliphatic heterocycles. The molecule has 0 bridgehead atoms. The van der Waals surface area contributed by atoms with Gasteiger partial charge in [-0.3, -0.25) is 0 Å². The van der Waals surface area contributed by atoms with Crippen LogP contribution in [0.15, 0.2) is 22.7 Å². The molecule has 0 saturated carbocycles. The number of hydrogen-bond acceptors (Lipinski definition) is 2. The van der Waals surface area contributed by atoms with Crippen molar-refractivity contribution in [3.63, 3.8) is 0 Å². The molecular formula is C11H15BrFNS. The monoisotopic (exact) mass is 291 g/mol. The van der Waals surface area contributed by atoms with Crippen LogP contribution in [0.3, 0.4) is 0 Å². The minimum Gasteiger partial charge on any atom is -0.330 e. The van der Waals surface area contributed by atoms with Crippen molar-refractivity contribution in [1.29, 1.82) is 0 Å². The van der Waals surface area contributed by atoms with Gasteiger partial charge in [-0.25, -0.2) is 4.39 Å². The van der Waals surface area contributed by atoms with Crippen LogP contribution in [0, 0.1) is 11.7 Å². The van der Waals surface area contributed by atoms with Crippen molar-refractivity contribution in [2.24, 2.45) is 11.7 Å². The summed E-state index contributed by atoms with van der Waals surface area (Å²) in [6.07, 6.45) is 0. The van der Waals surface area contributed by atoms with Crippen LogP contribution < -0.4 is 5.73 Å². The van der Waals surface area contributed by atoms with Gasteiger partial charge in [0.15, 0.2) is 0 Å². The maximum atomic E-state index is 13.0. The highest BCUT2D eigenvalue weighted by molar-refractivity contribution is 9.10. The van der Waals surface area contributed by atoms with Gasteiger partial charge in [0.05, 0.1) is 0 Å². The van der Waals surface area contributed by atoms with Gasteiger partial charge in [-0.15, -0.1) is 0 Å². The molecule has 0 amide bonds. The van der Waals surface area contributed by atoms with Crippen LogP contribution in [0.25, 0.3) is 0 Å². The zero-order valence-corrected chi connectivity index (χ0v) is 11.1. The molecule has 15 heavy (non-hydrogen) atoms. The zero-order chi connectivity index (χ0) is 11.3. The number of benzene rings is 1. The Bertz CT molecular complexity index is 299. The van der Waals surface area contributed by atoms with Crippen molar-refractivity contribution < 1.29 is 4.39 Å². The van der Waals surface area contributed by atoms with Crippen molar-refractivity contribution >= 4 is 27.7 Å². The lowest BCUT2D eigenvalue weighted by Crippen LogP contribution is -2.12. The third kappa shape index (κ3) is 5.00. The Morgan fingerprint density at radius 2 is 2.20 bits per heavy atom. The van der Waals surface area contributed by atoms with E-state index in [4.69, 9.17) is 5.73 Å². The molecule has 0 fully saturated rings. The van der Waals surface area contributed by atoms with E-state index in [0.717, 1.165) is 21.5 Å². The third-order valence-electron chi connectivity index (χ3n) is 2.00. The second-order valence-corrected chi connectivity index (χ2v) is 5.58. The molecule has 0 spiro atoms. The highest BCUT2D eigenvalue weighted by Crippen LogP contribution is 2.20. The molecule has 0 heterocycles. The van der Waals surface area contributed by atoms with Gasteiger partial charge in [0.25, 0.3) is 0 Å². The van der Waals surface area contributed by atoms with E-state index in [1.54, 1.807) is 17.8 Å². The summed E-state index contributed by atoms with van der Waals surface area (Å²) in [7, 11) is 0. The Labute approximate surface area is 103 Å². The van der Waals surface area contributed by atoms with Gasteiger partial charge in [0.1, 0.15) is 5.82 Å². The molecule has 0 aliphatic rings. The summed E-state index contributed by atoms with van der Waals surface area (Å²) >= 11 is 5.07. The van der Waals surface area contributed by atoms with Crippen LogP contribution in [0.5, 0.6) is 0 Å². The smallest absolute Gasteiger partial charge is 0.124 e. The van der Waals surface area contributed by atoms with Crippen LogP contribution in [0.2, 0.25) is 0 Å². The van der Waals surface area contributed by atoms with E-state index in [2.05, 4.69) is 22.9 Å². The lowest BCUT2D eigenvalue weighted by atomic mass is 10.2. The SMILES string of the molecule is CC(CN)CSCc1cc(F)cc(Br)c1. The highest BCUT2D eigenvalue weighted by Gasteiger charge is 2.02. The van der Waals surface area contributed by atoms with E-state index >= 15 is 0 Å². The number of halogens is 2. The predicted molar refractivity (Wildman–Crippen MR) is 68.5 cm³/mol. The molecule has 84 valence electrons. The van der Waals surface area contributed by atoms with E-state index in [1.165, 1.54) is 6.07 Å². The largest absolute Gasteiger partial charge is 0.330 e. The first-order chi connectivity index (χ1) is 7.11.